The monoisotopic (exact) mass is 287 g/mol. The van der Waals surface area contributed by atoms with E-state index in [0.29, 0.717) is 12.3 Å². The number of nitrogens with zero attached hydrogens (tertiary/aromatic N) is 1. The molecule has 1 amide bonds. The molecule has 0 saturated heterocycles. The highest BCUT2D eigenvalue weighted by Crippen LogP contribution is 2.14. The summed E-state index contributed by atoms with van der Waals surface area (Å²) < 4.78 is 5.63. The van der Waals surface area contributed by atoms with Crippen molar-refractivity contribution in [1.82, 2.24) is 15.3 Å². The first-order chi connectivity index (χ1) is 10.1. The van der Waals surface area contributed by atoms with E-state index >= 15 is 0 Å². The Morgan fingerprint density at radius 3 is 3.05 bits per heavy atom. The summed E-state index contributed by atoms with van der Waals surface area (Å²) in [5.41, 5.74) is 1.11. The molecule has 21 heavy (non-hydrogen) atoms. The van der Waals surface area contributed by atoms with Crippen molar-refractivity contribution in [3.63, 3.8) is 0 Å². The maximum atomic E-state index is 11.9. The predicted octanol–water partition coefficient (Wildman–Crippen LogP) is 2.23. The van der Waals surface area contributed by atoms with Crippen LogP contribution in [0.3, 0.4) is 0 Å². The fraction of sp³-hybridized carbons (Fsp3) is 0.375. The maximum absolute atomic E-state index is 11.9. The van der Waals surface area contributed by atoms with Crippen molar-refractivity contribution in [3.05, 3.63) is 48.0 Å². The molecule has 0 aliphatic carbocycles. The summed E-state index contributed by atoms with van der Waals surface area (Å²) in [5, 5.41) is 2.87. The Labute approximate surface area is 124 Å². The van der Waals surface area contributed by atoms with Crippen LogP contribution >= 0.6 is 0 Å². The summed E-state index contributed by atoms with van der Waals surface area (Å²) in [6, 6.07) is 7.68. The van der Waals surface area contributed by atoms with E-state index in [1.165, 1.54) is 0 Å². The molecule has 2 rings (SSSR count). The molecule has 1 heterocycles. The van der Waals surface area contributed by atoms with Gasteiger partial charge in [0.2, 0.25) is 0 Å². The Hall–Kier alpha value is -2.30. The van der Waals surface area contributed by atoms with Gasteiger partial charge in [0.25, 0.3) is 5.91 Å². The van der Waals surface area contributed by atoms with Gasteiger partial charge in [-0.05, 0) is 38.0 Å². The molecule has 1 aromatic heterocycles. The SMILES string of the molecule is Cc1cccc(OC(C)C(=O)NCCCc2ncc[nH]2)c1. The van der Waals surface area contributed by atoms with Gasteiger partial charge in [-0.2, -0.15) is 0 Å². The van der Waals surface area contributed by atoms with Gasteiger partial charge in [0.1, 0.15) is 11.6 Å². The molecule has 0 radical (unpaired) electrons. The minimum atomic E-state index is -0.504. The molecule has 112 valence electrons. The second-order valence-electron chi connectivity index (χ2n) is 5.01. The number of carbonyl (C=O) groups is 1. The third-order valence-electron chi connectivity index (χ3n) is 3.12. The summed E-state index contributed by atoms with van der Waals surface area (Å²) in [6.45, 7) is 4.36. The first-order valence-corrected chi connectivity index (χ1v) is 7.14. The Morgan fingerprint density at radius 1 is 1.48 bits per heavy atom. The number of imidazole rings is 1. The smallest absolute Gasteiger partial charge is 0.260 e. The van der Waals surface area contributed by atoms with Gasteiger partial charge in [0.15, 0.2) is 6.10 Å². The number of H-pyrrole nitrogens is 1. The van der Waals surface area contributed by atoms with E-state index in [4.69, 9.17) is 4.74 Å². The van der Waals surface area contributed by atoms with Crippen molar-refractivity contribution in [2.24, 2.45) is 0 Å². The molecule has 0 fully saturated rings. The van der Waals surface area contributed by atoms with Gasteiger partial charge in [-0.1, -0.05) is 12.1 Å². The summed E-state index contributed by atoms with van der Waals surface area (Å²) in [6.07, 6.45) is 4.68. The molecular formula is C16H21N3O2. The van der Waals surface area contributed by atoms with Crippen molar-refractivity contribution >= 4 is 5.91 Å². The van der Waals surface area contributed by atoms with Gasteiger partial charge >= 0.3 is 0 Å². The second-order valence-corrected chi connectivity index (χ2v) is 5.01. The third-order valence-corrected chi connectivity index (χ3v) is 3.12. The first kappa shape index (κ1) is 15.1. The molecule has 5 nitrogen and oxygen atoms in total. The number of aromatic amines is 1. The molecule has 0 aliphatic rings. The number of benzene rings is 1. The largest absolute Gasteiger partial charge is 0.481 e. The number of hydrogen-bond donors (Lipinski definition) is 2. The molecule has 1 aromatic carbocycles. The minimum Gasteiger partial charge on any atom is -0.481 e. The first-order valence-electron chi connectivity index (χ1n) is 7.14. The molecule has 5 heteroatoms. The lowest BCUT2D eigenvalue weighted by Crippen LogP contribution is -2.37. The van der Waals surface area contributed by atoms with Gasteiger partial charge in [0, 0.05) is 25.4 Å². The Balaban J connectivity index is 1.70. The number of aryl methyl sites for hydroxylation is 2. The van der Waals surface area contributed by atoms with E-state index in [9.17, 15) is 4.79 Å². The fourth-order valence-corrected chi connectivity index (χ4v) is 1.99. The van der Waals surface area contributed by atoms with E-state index in [1.807, 2.05) is 31.2 Å². The van der Waals surface area contributed by atoms with E-state index in [0.717, 1.165) is 24.2 Å². The van der Waals surface area contributed by atoms with E-state index < -0.39 is 6.10 Å². The number of carbonyl (C=O) groups excluding carboxylic acids is 1. The average Bonchev–Trinajstić information content (AvgIpc) is 2.96. The van der Waals surface area contributed by atoms with Crippen LogP contribution in [0.15, 0.2) is 36.7 Å². The summed E-state index contributed by atoms with van der Waals surface area (Å²) in [7, 11) is 0. The zero-order chi connectivity index (χ0) is 15.1. The lowest BCUT2D eigenvalue weighted by atomic mass is 10.2. The highest BCUT2D eigenvalue weighted by Gasteiger charge is 2.13. The van der Waals surface area contributed by atoms with Gasteiger partial charge in [0.05, 0.1) is 0 Å². The summed E-state index contributed by atoms with van der Waals surface area (Å²) >= 11 is 0. The van der Waals surface area contributed by atoms with Crippen molar-refractivity contribution in [1.29, 1.82) is 0 Å². The second kappa shape index (κ2) is 7.47. The highest BCUT2D eigenvalue weighted by atomic mass is 16.5. The zero-order valence-electron chi connectivity index (χ0n) is 12.4. The standard InChI is InChI=1S/C16H21N3O2/c1-12-5-3-6-14(11-12)21-13(2)16(20)19-8-4-7-15-17-9-10-18-15/h3,5-6,9-11,13H,4,7-8H2,1-2H3,(H,17,18)(H,19,20). The molecule has 1 atom stereocenters. The molecule has 0 aliphatic heterocycles. The van der Waals surface area contributed by atoms with E-state index in [1.54, 1.807) is 19.3 Å². The van der Waals surface area contributed by atoms with Crippen LogP contribution < -0.4 is 10.1 Å². The quantitative estimate of drug-likeness (QED) is 0.767. The van der Waals surface area contributed by atoms with E-state index in [-0.39, 0.29) is 5.91 Å². The molecular weight excluding hydrogens is 266 g/mol. The summed E-state index contributed by atoms with van der Waals surface area (Å²) in [4.78, 5) is 19.1. The molecule has 2 aromatic rings. The number of ether oxygens (including phenoxy) is 1. The number of aromatic nitrogens is 2. The highest BCUT2D eigenvalue weighted by molar-refractivity contribution is 5.80. The number of rotatable bonds is 7. The molecule has 0 spiro atoms. The Morgan fingerprint density at radius 2 is 2.33 bits per heavy atom. The third kappa shape index (κ3) is 4.95. The minimum absolute atomic E-state index is 0.101. The average molecular weight is 287 g/mol. The van der Waals surface area contributed by atoms with Crippen LogP contribution in [0.5, 0.6) is 5.75 Å². The Bertz CT molecular complexity index is 567. The lowest BCUT2D eigenvalue weighted by Gasteiger charge is -2.15. The Kier molecular flexibility index (Phi) is 5.37. The van der Waals surface area contributed by atoms with Crippen molar-refractivity contribution < 1.29 is 9.53 Å². The van der Waals surface area contributed by atoms with Crippen LogP contribution in [0.25, 0.3) is 0 Å². The molecule has 1 unspecified atom stereocenters. The molecule has 0 bridgehead atoms. The number of nitrogens with one attached hydrogen (secondary N) is 2. The van der Waals surface area contributed by atoms with E-state index in [2.05, 4.69) is 15.3 Å². The van der Waals surface area contributed by atoms with Crippen molar-refractivity contribution in [2.45, 2.75) is 32.8 Å². The van der Waals surface area contributed by atoms with Crippen LogP contribution in [0.1, 0.15) is 24.7 Å². The van der Waals surface area contributed by atoms with Gasteiger partial charge in [-0.15, -0.1) is 0 Å². The van der Waals surface area contributed by atoms with Crippen LogP contribution in [0.2, 0.25) is 0 Å². The lowest BCUT2D eigenvalue weighted by molar-refractivity contribution is -0.127. The molecule has 0 saturated carbocycles. The predicted molar refractivity (Wildman–Crippen MR) is 81.2 cm³/mol. The van der Waals surface area contributed by atoms with Gasteiger partial charge < -0.3 is 15.0 Å². The number of amides is 1. The van der Waals surface area contributed by atoms with Crippen LogP contribution in [-0.2, 0) is 11.2 Å². The van der Waals surface area contributed by atoms with Crippen LogP contribution in [-0.4, -0.2) is 28.5 Å². The van der Waals surface area contributed by atoms with Gasteiger partial charge in [-0.3, -0.25) is 4.79 Å². The van der Waals surface area contributed by atoms with Gasteiger partial charge in [-0.25, -0.2) is 4.98 Å². The van der Waals surface area contributed by atoms with Crippen molar-refractivity contribution in [2.75, 3.05) is 6.54 Å². The normalized spacial score (nSPS) is 11.9. The maximum Gasteiger partial charge on any atom is 0.260 e. The summed E-state index contributed by atoms with van der Waals surface area (Å²) in [5.74, 6) is 1.55. The fourth-order valence-electron chi connectivity index (χ4n) is 1.99. The van der Waals surface area contributed by atoms with Crippen LogP contribution in [0, 0.1) is 6.92 Å². The van der Waals surface area contributed by atoms with Crippen LogP contribution in [0.4, 0.5) is 0 Å². The molecule has 2 N–H and O–H groups in total. The number of hydrogen-bond acceptors (Lipinski definition) is 3. The zero-order valence-corrected chi connectivity index (χ0v) is 12.4. The van der Waals surface area contributed by atoms with Crippen molar-refractivity contribution in [3.8, 4) is 5.75 Å². The topological polar surface area (TPSA) is 67.0 Å².